The van der Waals surface area contributed by atoms with Crippen molar-refractivity contribution >= 4 is 11.8 Å². The van der Waals surface area contributed by atoms with Crippen molar-refractivity contribution in [3.63, 3.8) is 0 Å². The zero-order valence-corrected chi connectivity index (χ0v) is 20.4. The highest BCUT2D eigenvalue weighted by atomic mass is 16.2. The summed E-state index contributed by atoms with van der Waals surface area (Å²) < 4.78 is 1.76. The van der Waals surface area contributed by atoms with E-state index in [1.165, 1.54) is 0 Å². The lowest BCUT2D eigenvalue weighted by Crippen LogP contribution is -2.51. The van der Waals surface area contributed by atoms with Gasteiger partial charge in [0.25, 0.3) is 5.91 Å². The minimum atomic E-state index is -0.435. The van der Waals surface area contributed by atoms with Gasteiger partial charge in [-0.3, -0.25) is 30.2 Å². The molecule has 0 spiro atoms. The number of aryl methyl sites for hydroxylation is 3. The first-order chi connectivity index (χ1) is 16.2. The Morgan fingerprint density at radius 1 is 1.18 bits per heavy atom. The molecule has 1 aliphatic rings. The Bertz CT molecular complexity index is 1180. The molecule has 34 heavy (non-hydrogen) atoms. The van der Waals surface area contributed by atoms with Gasteiger partial charge >= 0.3 is 0 Å². The van der Waals surface area contributed by atoms with Crippen LogP contribution in [0.2, 0.25) is 0 Å². The predicted molar refractivity (Wildman–Crippen MR) is 130 cm³/mol. The number of nitrogens with zero attached hydrogens (tertiary/aromatic N) is 4. The van der Waals surface area contributed by atoms with Crippen LogP contribution in [0.15, 0.2) is 36.7 Å². The smallest absolute Gasteiger partial charge is 0.287 e. The van der Waals surface area contributed by atoms with Gasteiger partial charge in [-0.05, 0) is 63.9 Å². The molecule has 1 saturated heterocycles. The van der Waals surface area contributed by atoms with Gasteiger partial charge in [-0.15, -0.1) is 0 Å². The molecule has 0 aliphatic carbocycles. The maximum atomic E-state index is 13.1. The van der Waals surface area contributed by atoms with Gasteiger partial charge in [-0.1, -0.05) is 17.7 Å². The molecular formula is C25H33N7O2. The number of aromatic amines is 1. The van der Waals surface area contributed by atoms with E-state index >= 15 is 0 Å². The molecule has 2 amide bonds. The fourth-order valence-corrected chi connectivity index (χ4v) is 4.60. The molecule has 1 fully saturated rings. The topological polar surface area (TPSA) is 108 Å². The number of carbonyl (C=O) groups excluding carboxylic acids is 2. The van der Waals surface area contributed by atoms with E-state index in [1.807, 2.05) is 51.5 Å². The number of likely N-dealkylation sites (tertiary alicyclic amines) is 1. The number of piperidine rings is 1. The highest BCUT2D eigenvalue weighted by Crippen LogP contribution is 2.33. The lowest BCUT2D eigenvalue weighted by atomic mass is 9.81. The van der Waals surface area contributed by atoms with Crippen molar-refractivity contribution in [1.82, 2.24) is 35.7 Å². The number of hydrogen-bond acceptors (Lipinski definition) is 5. The Hall–Kier alpha value is -3.46. The maximum absolute atomic E-state index is 13.1. The molecule has 9 nitrogen and oxygen atoms in total. The molecule has 2 atom stereocenters. The van der Waals surface area contributed by atoms with E-state index in [2.05, 4.69) is 44.9 Å². The molecule has 1 aliphatic heterocycles. The van der Waals surface area contributed by atoms with Gasteiger partial charge in [0.2, 0.25) is 5.91 Å². The number of hydrogen-bond donors (Lipinski definition) is 3. The summed E-state index contributed by atoms with van der Waals surface area (Å²) in [5, 5.41) is 11.4. The number of carbonyl (C=O) groups is 2. The predicted octanol–water partition coefficient (Wildman–Crippen LogP) is 2.70. The van der Waals surface area contributed by atoms with E-state index in [0.717, 1.165) is 35.3 Å². The average molecular weight is 464 g/mol. The van der Waals surface area contributed by atoms with Crippen molar-refractivity contribution in [3.8, 4) is 11.3 Å². The Labute approximate surface area is 199 Å². The molecule has 0 bridgehead atoms. The lowest BCUT2D eigenvalue weighted by molar-refractivity contribution is -0.128. The Morgan fingerprint density at radius 2 is 1.97 bits per heavy atom. The minimum Gasteiger partial charge on any atom is -0.300 e. The molecule has 0 radical (unpaired) electrons. The summed E-state index contributed by atoms with van der Waals surface area (Å²) in [6.07, 6.45) is 4.50. The molecule has 180 valence electrons. The van der Waals surface area contributed by atoms with Crippen LogP contribution in [0.3, 0.4) is 0 Å². The summed E-state index contributed by atoms with van der Waals surface area (Å²) in [5.74, 6) is -0.883. The van der Waals surface area contributed by atoms with Gasteiger partial charge in [0.1, 0.15) is 5.69 Å². The SMILES string of the molecule is Cc1ccc(C)c(-c2cc(C(=O)NNC(=O)C3CCN(C(C)C)CC3c3cnn(C)c3)[nH]n2)c1. The molecule has 9 heteroatoms. The summed E-state index contributed by atoms with van der Waals surface area (Å²) in [7, 11) is 1.87. The number of amides is 2. The fourth-order valence-electron chi connectivity index (χ4n) is 4.60. The third-order valence-corrected chi connectivity index (χ3v) is 6.66. The molecular weight excluding hydrogens is 430 g/mol. The second-order valence-electron chi connectivity index (χ2n) is 9.47. The van der Waals surface area contributed by atoms with Gasteiger partial charge in [0, 0.05) is 43.2 Å². The number of H-pyrrole nitrogens is 1. The second-order valence-corrected chi connectivity index (χ2v) is 9.47. The minimum absolute atomic E-state index is 0.00445. The first-order valence-corrected chi connectivity index (χ1v) is 11.7. The second kappa shape index (κ2) is 9.80. The molecule has 2 unspecified atom stereocenters. The van der Waals surface area contributed by atoms with E-state index in [0.29, 0.717) is 18.2 Å². The van der Waals surface area contributed by atoms with Crippen LogP contribution in [0.5, 0.6) is 0 Å². The highest BCUT2D eigenvalue weighted by Gasteiger charge is 2.36. The molecule has 4 rings (SSSR count). The van der Waals surface area contributed by atoms with Gasteiger partial charge in [0.15, 0.2) is 0 Å². The number of hydrazine groups is 1. The van der Waals surface area contributed by atoms with E-state index in [9.17, 15) is 9.59 Å². The fraction of sp³-hybridized carbons (Fsp3) is 0.440. The van der Waals surface area contributed by atoms with Crippen LogP contribution in [-0.4, -0.2) is 55.8 Å². The van der Waals surface area contributed by atoms with Gasteiger partial charge < -0.3 is 4.90 Å². The van der Waals surface area contributed by atoms with Gasteiger partial charge in [0.05, 0.1) is 11.9 Å². The van der Waals surface area contributed by atoms with Crippen LogP contribution in [0.25, 0.3) is 11.3 Å². The molecule has 2 aromatic heterocycles. The first-order valence-electron chi connectivity index (χ1n) is 11.7. The summed E-state index contributed by atoms with van der Waals surface area (Å²) in [4.78, 5) is 28.2. The van der Waals surface area contributed by atoms with E-state index in [4.69, 9.17) is 0 Å². The van der Waals surface area contributed by atoms with Crippen molar-refractivity contribution in [2.75, 3.05) is 13.1 Å². The van der Waals surface area contributed by atoms with Crippen molar-refractivity contribution < 1.29 is 9.59 Å². The van der Waals surface area contributed by atoms with Crippen molar-refractivity contribution in [2.45, 2.75) is 46.1 Å². The van der Waals surface area contributed by atoms with Crippen LogP contribution >= 0.6 is 0 Å². The van der Waals surface area contributed by atoms with Crippen LogP contribution in [-0.2, 0) is 11.8 Å². The summed E-state index contributed by atoms with van der Waals surface area (Å²) in [6, 6.07) is 8.20. The quantitative estimate of drug-likeness (QED) is 0.504. The maximum Gasteiger partial charge on any atom is 0.287 e. The van der Waals surface area contributed by atoms with Crippen molar-refractivity contribution in [3.05, 3.63) is 59.0 Å². The lowest BCUT2D eigenvalue weighted by Gasteiger charge is -2.39. The van der Waals surface area contributed by atoms with E-state index < -0.39 is 5.91 Å². The zero-order valence-electron chi connectivity index (χ0n) is 20.4. The Balaban J connectivity index is 1.43. The first kappa shape index (κ1) is 23.7. The largest absolute Gasteiger partial charge is 0.300 e. The van der Waals surface area contributed by atoms with Crippen LogP contribution in [0.4, 0.5) is 0 Å². The monoisotopic (exact) mass is 463 g/mol. The molecule has 3 N–H and O–H groups in total. The van der Waals surface area contributed by atoms with Crippen molar-refractivity contribution in [1.29, 1.82) is 0 Å². The molecule has 0 saturated carbocycles. The molecule has 3 heterocycles. The average Bonchev–Trinajstić information content (AvgIpc) is 3.48. The third-order valence-electron chi connectivity index (χ3n) is 6.66. The summed E-state index contributed by atoms with van der Waals surface area (Å²) in [6.45, 7) is 9.96. The number of aromatic nitrogens is 4. The summed E-state index contributed by atoms with van der Waals surface area (Å²) >= 11 is 0. The number of nitrogens with one attached hydrogen (secondary N) is 3. The Kier molecular flexibility index (Phi) is 6.83. The van der Waals surface area contributed by atoms with Crippen LogP contribution in [0.1, 0.15) is 53.4 Å². The van der Waals surface area contributed by atoms with Crippen molar-refractivity contribution in [2.24, 2.45) is 13.0 Å². The highest BCUT2D eigenvalue weighted by molar-refractivity contribution is 5.95. The van der Waals surface area contributed by atoms with Gasteiger partial charge in [-0.2, -0.15) is 10.2 Å². The third kappa shape index (κ3) is 5.04. The summed E-state index contributed by atoms with van der Waals surface area (Å²) in [5.41, 5.74) is 10.4. The van der Waals surface area contributed by atoms with E-state index in [-0.39, 0.29) is 23.4 Å². The normalized spacial score (nSPS) is 18.8. The Morgan fingerprint density at radius 3 is 2.68 bits per heavy atom. The molecule has 3 aromatic rings. The zero-order chi connectivity index (χ0) is 24.4. The van der Waals surface area contributed by atoms with E-state index in [1.54, 1.807) is 10.7 Å². The van der Waals surface area contributed by atoms with Crippen LogP contribution in [0, 0.1) is 19.8 Å². The van der Waals surface area contributed by atoms with Gasteiger partial charge in [-0.25, -0.2) is 0 Å². The standard InChI is InChI=1S/C25H33N7O2/c1-15(2)32-9-8-19(21(14-32)18-12-26-31(5)13-18)24(33)29-30-25(34)23-11-22(27-28-23)20-10-16(3)6-7-17(20)4/h6-7,10-13,15,19,21H,8-9,14H2,1-5H3,(H,27,28)(H,29,33)(H,30,34). The number of rotatable bonds is 5. The number of benzene rings is 1. The van der Waals surface area contributed by atoms with Crippen LogP contribution < -0.4 is 10.9 Å². The molecule has 1 aromatic carbocycles.